The molecule has 0 fully saturated rings. The number of aromatic nitrogens is 1. The fourth-order valence-electron chi connectivity index (χ4n) is 1.76. The van der Waals surface area contributed by atoms with Gasteiger partial charge < -0.3 is 10.3 Å². The highest BCUT2D eigenvalue weighted by molar-refractivity contribution is 7.80. The molecule has 0 aliphatic carbocycles. The summed E-state index contributed by atoms with van der Waals surface area (Å²) < 4.78 is 1.72. The van der Waals surface area contributed by atoms with Crippen molar-refractivity contribution in [2.75, 3.05) is 13.1 Å². The van der Waals surface area contributed by atoms with Crippen LogP contribution in [0.15, 0.2) is 29.2 Å². The Morgan fingerprint density at radius 2 is 2.17 bits per heavy atom. The summed E-state index contributed by atoms with van der Waals surface area (Å²) >= 11 is 4.89. The molecule has 1 aromatic rings. The lowest BCUT2D eigenvalue weighted by Gasteiger charge is -2.26. The molecule has 2 N–H and O–H groups in total. The normalized spacial score (nSPS) is 11.1. The number of rotatable bonds is 7. The Morgan fingerprint density at radius 1 is 1.44 bits per heavy atom. The maximum Gasteiger partial charge on any atom is 0.250 e. The molecule has 0 radical (unpaired) electrons. The first-order valence-electron chi connectivity index (χ1n) is 6.18. The van der Waals surface area contributed by atoms with Gasteiger partial charge in [0.2, 0.25) is 0 Å². The third kappa shape index (κ3) is 4.98. The number of nitrogens with zero attached hydrogens (tertiary/aromatic N) is 2. The third-order valence-corrected chi connectivity index (χ3v) is 3.11. The lowest BCUT2D eigenvalue weighted by molar-refractivity contribution is 0.218. The Hall–Kier alpha value is -1.20. The van der Waals surface area contributed by atoms with Gasteiger partial charge in [0.15, 0.2) is 0 Å². The molecule has 18 heavy (non-hydrogen) atoms. The van der Waals surface area contributed by atoms with Gasteiger partial charge in [0.25, 0.3) is 5.56 Å². The highest BCUT2D eigenvalue weighted by Gasteiger charge is 2.09. The molecule has 0 saturated carbocycles. The van der Waals surface area contributed by atoms with Crippen molar-refractivity contribution >= 4 is 17.2 Å². The number of nitrogens with two attached hydrogens (primary N) is 1. The van der Waals surface area contributed by atoms with E-state index in [-0.39, 0.29) is 5.56 Å². The van der Waals surface area contributed by atoms with Crippen molar-refractivity contribution in [3.8, 4) is 0 Å². The zero-order valence-electron chi connectivity index (χ0n) is 11.0. The van der Waals surface area contributed by atoms with E-state index in [2.05, 4.69) is 18.7 Å². The van der Waals surface area contributed by atoms with E-state index in [1.54, 1.807) is 16.7 Å². The van der Waals surface area contributed by atoms with Crippen LogP contribution in [-0.2, 0) is 6.54 Å². The Bertz CT molecular complexity index is 442. The van der Waals surface area contributed by atoms with Gasteiger partial charge in [-0.2, -0.15) is 0 Å². The van der Waals surface area contributed by atoms with Crippen LogP contribution in [0.2, 0.25) is 0 Å². The van der Waals surface area contributed by atoms with Crippen molar-refractivity contribution in [2.45, 2.75) is 32.9 Å². The van der Waals surface area contributed by atoms with Crippen LogP contribution in [0.5, 0.6) is 0 Å². The van der Waals surface area contributed by atoms with Gasteiger partial charge in [-0.15, -0.1) is 0 Å². The molecule has 1 heterocycles. The van der Waals surface area contributed by atoms with Gasteiger partial charge in [-0.25, -0.2) is 0 Å². The van der Waals surface area contributed by atoms with E-state index in [0.29, 0.717) is 17.6 Å². The van der Waals surface area contributed by atoms with E-state index in [0.717, 1.165) is 19.5 Å². The van der Waals surface area contributed by atoms with Crippen LogP contribution in [0.25, 0.3) is 0 Å². The Balaban J connectivity index is 2.55. The van der Waals surface area contributed by atoms with Gasteiger partial charge in [0, 0.05) is 44.4 Å². The van der Waals surface area contributed by atoms with Crippen molar-refractivity contribution in [1.82, 2.24) is 9.47 Å². The second-order valence-electron chi connectivity index (χ2n) is 4.58. The van der Waals surface area contributed by atoms with Crippen LogP contribution in [0.1, 0.15) is 20.3 Å². The summed E-state index contributed by atoms with van der Waals surface area (Å²) in [4.78, 5) is 14.4. The second-order valence-corrected chi connectivity index (χ2v) is 5.10. The summed E-state index contributed by atoms with van der Waals surface area (Å²) in [6.45, 7) is 6.62. The SMILES string of the molecule is CC(C)N(CCC(N)=S)CCn1ccccc1=O. The summed E-state index contributed by atoms with van der Waals surface area (Å²) in [5.41, 5.74) is 5.56. The first-order valence-corrected chi connectivity index (χ1v) is 6.59. The predicted octanol–water partition coefficient (Wildman–Crippen LogP) is 1.23. The average molecular weight is 267 g/mol. The molecule has 4 nitrogen and oxygen atoms in total. The average Bonchev–Trinajstić information content (AvgIpc) is 2.30. The molecule has 1 rings (SSSR count). The van der Waals surface area contributed by atoms with Crippen molar-refractivity contribution in [1.29, 1.82) is 0 Å². The number of thiocarbonyl (C=S) groups is 1. The molecule has 0 spiro atoms. The van der Waals surface area contributed by atoms with Gasteiger partial charge in [-0.3, -0.25) is 9.69 Å². The molecule has 0 aromatic carbocycles. The molecule has 0 atom stereocenters. The first-order chi connectivity index (χ1) is 8.50. The quantitative estimate of drug-likeness (QED) is 0.755. The molecule has 0 saturated heterocycles. The molecular formula is C13H21N3OS. The highest BCUT2D eigenvalue weighted by atomic mass is 32.1. The maximum absolute atomic E-state index is 11.6. The lowest BCUT2D eigenvalue weighted by Crippen LogP contribution is -2.37. The van der Waals surface area contributed by atoms with Gasteiger partial charge in [0.1, 0.15) is 0 Å². The Morgan fingerprint density at radius 3 is 2.72 bits per heavy atom. The third-order valence-electron chi connectivity index (χ3n) is 2.90. The topological polar surface area (TPSA) is 51.3 Å². The first kappa shape index (κ1) is 14.9. The molecular weight excluding hydrogens is 246 g/mol. The molecule has 5 heteroatoms. The highest BCUT2D eigenvalue weighted by Crippen LogP contribution is 2.00. The van der Waals surface area contributed by atoms with Crippen molar-refractivity contribution in [3.63, 3.8) is 0 Å². The zero-order chi connectivity index (χ0) is 13.5. The van der Waals surface area contributed by atoms with Crippen LogP contribution < -0.4 is 11.3 Å². The Labute approximate surface area is 113 Å². The van der Waals surface area contributed by atoms with E-state index in [4.69, 9.17) is 18.0 Å². The van der Waals surface area contributed by atoms with E-state index in [1.807, 2.05) is 12.3 Å². The van der Waals surface area contributed by atoms with Gasteiger partial charge in [-0.1, -0.05) is 18.3 Å². The van der Waals surface area contributed by atoms with E-state index >= 15 is 0 Å². The zero-order valence-corrected chi connectivity index (χ0v) is 11.8. The van der Waals surface area contributed by atoms with Gasteiger partial charge >= 0.3 is 0 Å². The van der Waals surface area contributed by atoms with Crippen LogP contribution >= 0.6 is 12.2 Å². The lowest BCUT2D eigenvalue weighted by atomic mass is 10.2. The van der Waals surface area contributed by atoms with Crippen molar-refractivity contribution in [3.05, 3.63) is 34.7 Å². The summed E-state index contributed by atoms with van der Waals surface area (Å²) in [5.74, 6) is 0. The standard InChI is InChI=1S/C13H21N3OS/c1-11(2)15(8-6-12(14)18)9-10-16-7-4-3-5-13(16)17/h3-5,7,11H,6,8-10H2,1-2H3,(H2,14,18). The molecule has 0 aliphatic rings. The maximum atomic E-state index is 11.6. The summed E-state index contributed by atoms with van der Waals surface area (Å²) in [5, 5.41) is 0. The largest absolute Gasteiger partial charge is 0.393 e. The van der Waals surface area contributed by atoms with Crippen LogP contribution in [0, 0.1) is 0 Å². The minimum Gasteiger partial charge on any atom is -0.393 e. The van der Waals surface area contributed by atoms with Gasteiger partial charge in [-0.05, 0) is 19.9 Å². The summed E-state index contributed by atoms with van der Waals surface area (Å²) in [7, 11) is 0. The van der Waals surface area contributed by atoms with Gasteiger partial charge in [0.05, 0.1) is 4.99 Å². The van der Waals surface area contributed by atoms with E-state index < -0.39 is 0 Å². The molecule has 0 amide bonds. The number of hydrogen-bond acceptors (Lipinski definition) is 3. The summed E-state index contributed by atoms with van der Waals surface area (Å²) in [6, 6.07) is 5.62. The minimum atomic E-state index is 0.0375. The molecule has 1 aromatic heterocycles. The van der Waals surface area contributed by atoms with Crippen LogP contribution in [0.3, 0.4) is 0 Å². The molecule has 100 valence electrons. The molecule has 0 unspecified atom stereocenters. The summed E-state index contributed by atoms with van der Waals surface area (Å²) in [6.07, 6.45) is 2.53. The van der Waals surface area contributed by atoms with E-state index in [1.165, 1.54) is 0 Å². The fraction of sp³-hybridized carbons (Fsp3) is 0.538. The van der Waals surface area contributed by atoms with Crippen molar-refractivity contribution in [2.24, 2.45) is 5.73 Å². The molecule has 0 bridgehead atoms. The predicted molar refractivity (Wildman–Crippen MR) is 78.8 cm³/mol. The van der Waals surface area contributed by atoms with Crippen molar-refractivity contribution < 1.29 is 0 Å². The molecule has 0 aliphatic heterocycles. The van der Waals surface area contributed by atoms with Crippen LogP contribution in [0.4, 0.5) is 0 Å². The number of hydrogen-bond donors (Lipinski definition) is 1. The fourth-order valence-corrected chi connectivity index (χ4v) is 1.85. The van der Waals surface area contributed by atoms with E-state index in [9.17, 15) is 4.79 Å². The van der Waals surface area contributed by atoms with Crippen LogP contribution in [-0.4, -0.2) is 33.6 Å². The minimum absolute atomic E-state index is 0.0375. The smallest absolute Gasteiger partial charge is 0.250 e. The second kappa shape index (κ2) is 7.28. The monoisotopic (exact) mass is 267 g/mol. The number of pyridine rings is 1. The Kier molecular flexibility index (Phi) is 6.01.